The minimum atomic E-state index is -3.77. The van der Waals surface area contributed by atoms with Crippen molar-refractivity contribution in [3.05, 3.63) is 84.9 Å². The van der Waals surface area contributed by atoms with E-state index < -0.39 is 68.7 Å². The summed E-state index contributed by atoms with van der Waals surface area (Å²) in [6, 6.07) is 25.2. The number of hydrogen-bond donors (Lipinski definition) is 1. The molecule has 0 spiro atoms. The molecule has 0 bridgehead atoms. The third kappa shape index (κ3) is 7.42. The molecule has 1 aliphatic rings. The quantitative estimate of drug-likeness (QED) is 0.201. The average molecular weight is 627 g/mol. The van der Waals surface area contributed by atoms with Gasteiger partial charge in [0.1, 0.15) is 0 Å². The zero-order chi connectivity index (χ0) is 31.9. The molecule has 234 valence electrons. The van der Waals surface area contributed by atoms with E-state index in [9.17, 15) is 24.3 Å². The van der Waals surface area contributed by atoms with Gasteiger partial charge in [-0.2, -0.15) is 0 Å². The second kappa shape index (κ2) is 14.4. The number of ether oxygens (including phenoxy) is 5. The first-order valence-corrected chi connectivity index (χ1v) is 15.8. The number of benzene rings is 3. The van der Waals surface area contributed by atoms with Gasteiger partial charge in [0.25, 0.3) is 0 Å². The first-order chi connectivity index (χ1) is 21.0. The van der Waals surface area contributed by atoms with Crippen molar-refractivity contribution in [1.82, 2.24) is 0 Å². The Morgan fingerprint density at radius 3 is 1.64 bits per heavy atom. The van der Waals surface area contributed by atoms with Crippen LogP contribution in [-0.4, -0.2) is 66.3 Å². The number of phenols is 1. The van der Waals surface area contributed by atoms with E-state index in [0.717, 1.165) is 20.8 Å². The predicted molar refractivity (Wildman–Crippen MR) is 161 cm³/mol. The molecule has 44 heavy (non-hydrogen) atoms. The summed E-state index contributed by atoms with van der Waals surface area (Å²) in [5.74, 6) is -2.93. The summed E-state index contributed by atoms with van der Waals surface area (Å²) in [5, 5.41) is 13.1. The van der Waals surface area contributed by atoms with Crippen molar-refractivity contribution < 1.29 is 52.5 Å². The molecule has 3 aromatic carbocycles. The van der Waals surface area contributed by atoms with Crippen molar-refractivity contribution in [3.63, 3.8) is 0 Å². The summed E-state index contributed by atoms with van der Waals surface area (Å²) in [4.78, 5) is 48.8. The van der Waals surface area contributed by atoms with Gasteiger partial charge in [0.05, 0.1) is 0 Å². The SMILES string of the molecule is CC(=O)OC[C@H]1OC(O[PH](c2ccccc2)(c2ccccc2)c2ccccc2O)[C@H](OC(C)=O)[C@@H](OC(C)=O)[C@@H]1OC(C)=O. The molecule has 1 unspecified atom stereocenters. The van der Waals surface area contributed by atoms with Crippen molar-refractivity contribution in [2.24, 2.45) is 0 Å². The van der Waals surface area contributed by atoms with Crippen LogP contribution in [0.2, 0.25) is 0 Å². The number of rotatable bonds is 10. The monoisotopic (exact) mass is 626 g/mol. The minimum absolute atomic E-state index is 0.0440. The summed E-state index contributed by atoms with van der Waals surface area (Å²) >= 11 is 0. The molecular formula is C32H35O11P. The van der Waals surface area contributed by atoms with Crippen LogP contribution in [0.1, 0.15) is 27.7 Å². The van der Waals surface area contributed by atoms with Crippen molar-refractivity contribution >= 4 is 47.3 Å². The van der Waals surface area contributed by atoms with Gasteiger partial charge in [0.2, 0.25) is 0 Å². The molecule has 1 N–H and O–H groups in total. The Morgan fingerprint density at radius 1 is 0.659 bits per heavy atom. The third-order valence-electron chi connectivity index (χ3n) is 6.89. The molecule has 0 aromatic heterocycles. The fourth-order valence-corrected chi connectivity index (χ4v) is 9.24. The molecule has 4 rings (SSSR count). The summed E-state index contributed by atoms with van der Waals surface area (Å²) in [7, 11) is -3.77. The van der Waals surface area contributed by atoms with Crippen LogP contribution in [0.5, 0.6) is 5.75 Å². The maximum atomic E-state index is 12.5. The van der Waals surface area contributed by atoms with Gasteiger partial charge < -0.3 is 0 Å². The number of aromatic hydroxyl groups is 1. The maximum absolute atomic E-state index is 12.5. The van der Waals surface area contributed by atoms with Gasteiger partial charge in [-0.3, -0.25) is 0 Å². The van der Waals surface area contributed by atoms with E-state index in [1.165, 1.54) is 6.92 Å². The van der Waals surface area contributed by atoms with Crippen LogP contribution >= 0.6 is 7.49 Å². The molecule has 0 amide bonds. The molecule has 1 fully saturated rings. The average Bonchev–Trinajstić information content (AvgIpc) is 2.98. The van der Waals surface area contributed by atoms with Gasteiger partial charge in [-0.15, -0.1) is 0 Å². The molecule has 12 heteroatoms. The van der Waals surface area contributed by atoms with E-state index in [1.54, 1.807) is 24.3 Å². The van der Waals surface area contributed by atoms with Crippen molar-refractivity contribution in [3.8, 4) is 5.75 Å². The van der Waals surface area contributed by atoms with Crippen molar-refractivity contribution in [2.45, 2.75) is 58.4 Å². The zero-order valence-electron chi connectivity index (χ0n) is 24.7. The summed E-state index contributed by atoms with van der Waals surface area (Å²) in [5.41, 5.74) is 0. The molecule has 1 aliphatic heterocycles. The van der Waals surface area contributed by atoms with E-state index in [4.69, 9.17) is 28.2 Å². The Balaban J connectivity index is 1.97. The Kier molecular flexibility index (Phi) is 10.7. The second-order valence-corrected chi connectivity index (χ2v) is 13.4. The van der Waals surface area contributed by atoms with Crippen LogP contribution in [0.3, 0.4) is 0 Å². The third-order valence-corrected chi connectivity index (χ3v) is 10.9. The number of esters is 4. The molecule has 0 saturated carbocycles. The number of phenolic OH excluding ortho intramolecular Hbond substituents is 1. The summed E-state index contributed by atoms with van der Waals surface area (Å²) in [6.07, 6.45) is -6.87. The van der Waals surface area contributed by atoms with Gasteiger partial charge in [-0.05, 0) is 0 Å². The Morgan fingerprint density at radius 2 is 1.14 bits per heavy atom. The van der Waals surface area contributed by atoms with E-state index in [-0.39, 0.29) is 5.75 Å². The number of carbonyl (C=O) groups is 4. The van der Waals surface area contributed by atoms with Crippen LogP contribution in [0.4, 0.5) is 0 Å². The van der Waals surface area contributed by atoms with Crippen LogP contribution in [-0.2, 0) is 47.4 Å². The zero-order valence-corrected chi connectivity index (χ0v) is 25.7. The van der Waals surface area contributed by atoms with Crippen molar-refractivity contribution in [2.75, 3.05) is 6.61 Å². The van der Waals surface area contributed by atoms with E-state index >= 15 is 0 Å². The van der Waals surface area contributed by atoms with Crippen LogP contribution in [0.15, 0.2) is 84.9 Å². The Bertz CT molecular complexity index is 1420. The van der Waals surface area contributed by atoms with E-state index in [2.05, 4.69) is 0 Å². The Hall–Kier alpha value is -4.31. The number of hydrogen-bond acceptors (Lipinski definition) is 11. The molecule has 1 saturated heterocycles. The first kappa shape index (κ1) is 32.6. The molecule has 0 radical (unpaired) electrons. The van der Waals surface area contributed by atoms with Gasteiger partial charge in [0, 0.05) is 0 Å². The van der Waals surface area contributed by atoms with Gasteiger partial charge >= 0.3 is 255 Å². The molecule has 1 heterocycles. The Labute approximate surface area is 255 Å². The van der Waals surface area contributed by atoms with Crippen LogP contribution < -0.4 is 15.9 Å². The molecule has 5 atom stereocenters. The molecular weight excluding hydrogens is 591 g/mol. The fraction of sp³-hybridized carbons (Fsp3) is 0.312. The van der Waals surface area contributed by atoms with Gasteiger partial charge in [-0.25, -0.2) is 0 Å². The normalized spacial score (nSPS) is 21.9. The fourth-order valence-electron chi connectivity index (χ4n) is 5.25. The first-order valence-electron chi connectivity index (χ1n) is 13.9. The van der Waals surface area contributed by atoms with Crippen molar-refractivity contribution in [1.29, 1.82) is 0 Å². The molecule has 3 aromatic rings. The standard InChI is InChI=1S/C32H35O11P/c1-20(33)38-19-27-29(39-21(2)34)30(40-22(3)35)31(41-23(4)36)32(42-27)43-44(24-13-7-5-8-14-24,25-15-9-6-10-16-25)28-18-12-11-17-26(28)37/h5-18,27,29-32,37,44H,19H2,1-4H3/t27-,29-,30+,31-,32?/m1/s1. The summed E-state index contributed by atoms with van der Waals surface area (Å²) in [6.45, 7) is 4.26. The van der Waals surface area contributed by atoms with Crippen LogP contribution in [0, 0.1) is 0 Å². The van der Waals surface area contributed by atoms with Crippen LogP contribution in [0.25, 0.3) is 0 Å². The predicted octanol–water partition coefficient (Wildman–Crippen LogP) is 2.43. The second-order valence-electron chi connectivity index (χ2n) is 10.1. The van der Waals surface area contributed by atoms with Gasteiger partial charge in [0.15, 0.2) is 0 Å². The molecule has 0 aliphatic carbocycles. The summed E-state index contributed by atoms with van der Waals surface area (Å²) < 4.78 is 35.4. The van der Waals surface area contributed by atoms with E-state index in [1.807, 2.05) is 60.7 Å². The topological polar surface area (TPSA) is 144 Å². The van der Waals surface area contributed by atoms with E-state index in [0.29, 0.717) is 15.9 Å². The number of para-hydroxylation sites is 1. The number of carbonyl (C=O) groups excluding carboxylic acids is 4. The van der Waals surface area contributed by atoms with Gasteiger partial charge in [-0.1, -0.05) is 0 Å². The molecule has 11 nitrogen and oxygen atoms in total.